The maximum absolute atomic E-state index is 13.3. The van der Waals surface area contributed by atoms with Gasteiger partial charge < -0.3 is 9.47 Å². The Morgan fingerprint density at radius 2 is 1.94 bits per heavy atom. The second-order valence-corrected chi connectivity index (χ2v) is 7.63. The van der Waals surface area contributed by atoms with E-state index in [-0.39, 0.29) is 29.0 Å². The molecule has 34 heavy (non-hydrogen) atoms. The van der Waals surface area contributed by atoms with Gasteiger partial charge in [0.15, 0.2) is 0 Å². The summed E-state index contributed by atoms with van der Waals surface area (Å²) in [6.07, 6.45) is -0.380. The zero-order valence-electron chi connectivity index (χ0n) is 18.2. The van der Waals surface area contributed by atoms with Crippen molar-refractivity contribution < 1.29 is 27.4 Å². The minimum Gasteiger partial charge on any atom is -0.479 e. The predicted molar refractivity (Wildman–Crippen MR) is 115 cm³/mol. The number of alkyl halides is 3. The molecule has 3 aromatic heterocycles. The Bertz CT molecular complexity index is 1370. The molecule has 4 aromatic rings. The van der Waals surface area contributed by atoms with E-state index in [9.17, 15) is 18.0 Å². The lowest BCUT2D eigenvalue weighted by molar-refractivity contribution is -0.137. The third kappa shape index (κ3) is 4.40. The normalized spacial score (nSPS) is 12.7. The van der Waals surface area contributed by atoms with Gasteiger partial charge in [-0.3, -0.25) is 4.68 Å². The molecule has 0 radical (unpaired) electrons. The average Bonchev–Trinajstić information content (AvgIpc) is 3.45. The zero-order chi connectivity index (χ0) is 24.6. The van der Waals surface area contributed by atoms with E-state index in [1.54, 1.807) is 13.8 Å². The van der Waals surface area contributed by atoms with Gasteiger partial charge in [-0.25, -0.2) is 14.5 Å². The summed E-state index contributed by atoms with van der Waals surface area (Å²) in [6, 6.07) is 2.67. The molecule has 178 valence electrons. The first-order valence-electron chi connectivity index (χ1n) is 10.0. The lowest BCUT2D eigenvalue weighted by Crippen LogP contribution is -2.12. The third-order valence-corrected chi connectivity index (χ3v) is 5.21. The molecule has 3 heterocycles. The summed E-state index contributed by atoms with van der Waals surface area (Å²) in [5.41, 5.74) is 0.377. The molecule has 1 aromatic carbocycles. The molecule has 13 heteroatoms. The molecule has 1 atom stereocenters. The van der Waals surface area contributed by atoms with E-state index in [4.69, 9.17) is 21.1 Å². The molecule has 0 N–H and O–H groups in total. The second kappa shape index (κ2) is 8.93. The molecule has 0 saturated carbocycles. The molecule has 9 nitrogen and oxygen atoms in total. The summed E-state index contributed by atoms with van der Waals surface area (Å²) >= 11 is 5.95. The van der Waals surface area contributed by atoms with Crippen LogP contribution in [-0.4, -0.2) is 49.2 Å². The van der Waals surface area contributed by atoms with E-state index in [2.05, 4.69) is 20.2 Å². The monoisotopic (exact) mass is 494 g/mol. The van der Waals surface area contributed by atoms with E-state index >= 15 is 0 Å². The third-order valence-electron chi connectivity index (χ3n) is 4.99. The fraction of sp³-hybridized carbons (Fsp3) is 0.286. The molecule has 0 aliphatic carbocycles. The van der Waals surface area contributed by atoms with Gasteiger partial charge in [0.25, 0.3) is 5.95 Å². The van der Waals surface area contributed by atoms with Gasteiger partial charge in [-0.1, -0.05) is 11.6 Å². The molecular weight excluding hydrogens is 477 g/mol. The van der Waals surface area contributed by atoms with Crippen LogP contribution in [0.5, 0.6) is 5.88 Å². The SMILES string of the molecule is CCOC(=O)c1cnn(-c2nc(OC)c3c(cnn3[C@H](C)c3cc(Cl)cc(C(F)(F)F)c3)n2)c1. The second-order valence-electron chi connectivity index (χ2n) is 7.20. The van der Waals surface area contributed by atoms with Crippen LogP contribution in [0.2, 0.25) is 5.02 Å². The quantitative estimate of drug-likeness (QED) is 0.364. The largest absolute Gasteiger partial charge is 0.479 e. The highest BCUT2D eigenvalue weighted by molar-refractivity contribution is 6.30. The van der Waals surface area contributed by atoms with Crippen LogP contribution in [0.3, 0.4) is 0 Å². The number of nitrogens with zero attached hydrogens (tertiary/aromatic N) is 6. The van der Waals surface area contributed by atoms with E-state index < -0.39 is 23.8 Å². The van der Waals surface area contributed by atoms with Crippen molar-refractivity contribution in [1.29, 1.82) is 0 Å². The van der Waals surface area contributed by atoms with Crippen molar-refractivity contribution in [2.24, 2.45) is 0 Å². The van der Waals surface area contributed by atoms with Gasteiger partial charge >= 0.3 is 12.1 Å². The summed E-state index contributed by atoms with van der Waals surface area (Å²) < 4.78 is 52.9. The number of esters is 1. The van der Waals surface area contributed by atoms with Crippen molar-refractivity contribution in [3.63, 3.8) is 0 Å². The summed E-state index contributed by atoms with van der Waals surface area (Å²) in [7, 11) is 1.39. The first kappa shape index (κ1) is 23.5. The van der Waals surface area contributed by atoms with Crippen molar-refractivity contribution >= 4 is 28.6 Å². The number of carbonyl (C=O) groups is 1. The molecule has 0 saturated heterocycles. The molecule has 0 unspecified atom stereocenters. The van der Waals surface area contributed by atoms with Crippen molar-refractivity contribution in [3.05, 3.63) is 58.5 Å². The van der Waals surface area contributed by atoms with E-state index in [1.165, 1.54) is 41.1 Å². The highest BCUT2D eigenvalue weighted by Crippen LogP contribution is 2.35. The van der Waals surface area contributed by atoms with Crippen LogP contribution in [0.4, 0.5) is 13.2 Å². The van der Waals surface area contributed by atoms with Gasteiger partial charge in [-0.15, -0.1) is 0 Å². The minimum atomic E-state index is -4.55. The van der Waals surface area contributed by atoms with Crippen LogP contribution in [0.15, 0.2) is 36.8 Å². The van der Waals surface area contributed by atoms with Gasteiger partial charge in [0, 0.05) is 11.2 Å². The number of rotatable bonds is 6. The number of hydrogen-bond acceptors (Lipinski definition) is 7. The fourth-order valence-electron chi connectivity index (χ4n) is 3.37. The Hall–Kier alpha value is -3.67. The smallest absolute Gasteiger partial charge is 0.416 e. The predicted octanol–water partition coefficient (Wildman–Crippen LogP) is 4.48. The number of methoxy groups -OCH3 is 1. The molecule has 0 aliphatic rings. The topological polar surface area (TPSA) is 97.0 Å². The van der Waals surface area contributed by atoms with Crippen molar-refractivity contribution in [2.45, 2.75) is 26.1 Å². The van der Waals surface area contributed by atoms with Gasteiger partial charge in [-0.2, -0.15) is 28.4 Å². The molecule has 0 spiro atoms. The number of halogens is 4. The zero-order valence-corrected chi connectivity index (χ0v) is 18.9. The Kier molecular flexibility index (Phi) is 6.17. The maximum Gasteiger partial charge on any atom is 0.416 e. The van der Waals surface area contributed by atoms with Crippen LogP contribution in [-0.2, 0) is 10.9 Å². The van der Waals surface area contributed by atoms with Gasteiger partial charge in [0.1, 0.15) is 11.0 Å². The highest BCUT2D eigenvalue weighted by atomic mass is 35.5. The summed E-state index contributed by atoms with van der Waals surface area (Å²) in [4.78, 5) is 20.7. The number of fused-ring (bicyclic) bond motifs is 1. The number of benzene rings is 1. The molecule has 0 bridgehead atoms. The lowest BCUT2D eigenvalue weighted by Gasteiger charge is -2.17. The van der Waals surface area contributed by atoms with E-state index in [1.807, 2.05) is 0 Å². The van der Waals surface area contributed by atoms with E-state index in [0.29, 0.717) is 16.6 Å². The van der Waals surface area contributed by atoms with Crippen LogP contribution in [0.1, 0.15) is 41.4 Å². The fourth-order valence-corrected chi connectivity index (χ4v) is 3.61. The van der Waals surface area contributed by atoms with Gasteiger partial charge in [0.2, 0.25) is 5.88 Å². The average molecular weight is 495 g/mol. The number of aromatic nitrogens is 6. The number of ether oxygens (including phenoxy) is 2. The van der Waals surface area contributed by atoms with Gasteiger partial charge in [0.05, 0.1) is 43.3 Å². The Labute approximate surface area is 196 Å². The van der Waals surface area contributed by atoms with Gasteiger partial charge in [-0.05, 0) is 37.6 Å². The molecular formula is C21H18ClF3N6O3. The Morgan fingerprint density at radius 3 is 2.62 bits per heavy atom. The van der Waals surface area contributed by atoms with Crippen LogP contribution < -0.4 is 4.74 Å². The van der Waals surface area contributed by atoms with Crippen LogP contribution in [0, 0.1) is 0 Å². The number of carbonyl (C=O) groups excluding carboxylic acids is 1. The Morgan fingerprint density at radius 1 is 1.18 bits per heavy atom. The molecule has 0 aliphatic heterocycles. The highest BCUT2D eigenvalue weighted by Gasteiger charge is 2.32. The summed E-state index contributed by atoms with van der Waals surface area (Å²) in [6.45, 7) is 3.58. The minimum absolute atomic E-state index is 0.0466. The van der Waals surface area contributed by atoms with Crippen molar-refractivity contribution in [1.82, 2.24) is 29.5 Å². The molecule has 0 fully saturated rings. The lowest BCUT2D eigenvalue weighted by atomic mass is 10.0. The Balaban J connectivity index is 1.76. The summed E-state index contributed by atoms with van der Waals surface area (Å²) in [5.74, 6) is -0.312. The van der Waals surface area contributed by atoms with E-state index in [0.717, 1.165) is 12.1 Å². The first-order valence-corrected chi connectivity index (χ1v) is 10.4. The molecule has 4 rings (SSSR count). The van der Waals surface area contributed by atoms with Crippen molar-refractivity contribution in [3.8, 4) is 11.8 Å². The number of hydrogen-bond donors (Lipinski definition) is 0. The molecule has 0 amide bonds. The standard InChI is InChI=1S/C21H18ClF3N6O3/c1-4-34-19(32)13-8-26-30(10-13)20-28-16-9-27-31(17(16)18(29-20)33-3)11(2)12-5-14(21(23,24)25)7-15(22)6-12/h5-11H,4H2,1-3H3/t11-/m1/s1. The first-order chi connectivity index (χ1) is 16.1. The van der Waals surface area contributed by atoms with Crippen molar-refractivity contribution in [2.75, 3.05) is 13.7 Å². The summed E-state index contributed by atoms with van der Waals surface area (Å²) in [5, 5.41) is 8.34. The van der Waals surface area contributed by atoms with Crippen LogP contribution in [0.25, 0.3) is 17.0 Å². The van der Waals surface area contributed by atoms with Crippen LogP contribution >= 0.6 is 11.6 Å². The maximum atomic E-state index is 13.3.